The van der Waals surface area contributed by atoms with Crippen LogP contribution in [-0.2, 0) is 4.79 Å². The molecule has 1 fully saturated rings. The van der Waals surface area contributed by atoms with Crippen molar-refractivity contribution in [3.05, 3.63) is 35.5 Å². The van der Waals surface area contributed by atoms with E-state index in [1.807, 2.05) is 17.0 Å². The number of pyridine rings is 1. The minimum atomic E-state index is 0.0297. The molecule has 4 nitrogen and oxygen atoms in total. The van der Waals surface area contributed by atoms with E-state index < -0.39 is 0 Å². The highest BCUT2D eigenvalue weighted by atomic mass is 35.5. The highest BCUT2D eigenvalue weighted by molar-refractivity contribution is 6.35. The quantitative estimate of drug-likeness (QED) is 0.851. The maximum Gasteiger partial charge on any atom is 0.260 e. The Morgan fingerprint density at radius 2 is 2.04 bits per heavy atom. The first-order valence-corrected chi connectivity index (χ1v) is 8.43. The molecule has 1 aromatic carbocycles. The molecule has 23 heavy (non-hydrogen) atoms. The van der Waals surface area contributed by atoms with Crippen molar-refractivity contribution in [2.45, 2.75) is 45.2 Å². The van der Waals surface area contributed by atoms with Gasteiger partial charge in [-0.2, -0.15) is 0 Å². The molecular formula is C18H21ClN2O2. The van der Waals surface area contributed by atoms with Crippen molar-refractivity contribution in [3.63, 3.8) is 0 Å². The molecule has 1 amide bonds. The number of benzene rings is 1. The molecule has 1 aliphatic rings. The fourth-order valence-electron chi connectivity index (χ4n) is 3.36. The van der Waals surface area contributed by atoms with Crippen molar-refractivity contribution < 1.29 is 9.53 Å². The molecular weight excluding hydrogens is 312 g/mol. The third kappa shape index (κ3) is 3.27. The van der Waals surface area contributed by atoms with E-state index in [4.69, 9.17) is 16.3 Å². The lowest BCUT2D eigenvalue weighted by molar-refractivity contribution is -0.139. The Balaban J connectivity index is 1.76. The Morgan fingerprint density at radius 3 is 2.78 bits per heavy atom. The Hall–Kier alpha value is -1.81. The molecule has 2 aromatic rings. The van der Waals surface area contributed by atoms with Gasteiger partial charge in [0.2, 0.25) is 0 Å². The molecule has 1 aromatic heterocycles. The lowest BCUT2D eigenvalue weighted by Crippen LogP contribution is -2.49. The van der Waals surface area contributed by atoms with Gasteiger partial charge in [-0.1, -0.05) is 11.6 Å². The highest BCUT2D eigenvalue weighted by Crippen LogP contribution is 2.30. The van der Waals surface area contributed by atoms with Crippen LogP contribution in [0.2, 0.25) is 5.02 Å². The molecule has 0 saturated carbocycles. The maximum atomic E-state index is 12.5. The number of halogens is 1. The number of hydrogen-bond acceptors (Lipinski definition) is 3. The second kappa shape index (κ2) is 6.75. The Morgan fingerprint density at radius 1 is 1.30 bits per heavy atom. The summed E-state index contributed by atoms with van der Waals surface area (Å²) in [5.74, 6) is 0.624. The molecule has 1 aliphatic heterocycles. The number of amides is 1. The minimum absolute atomic E-state index is 0.0297. The van der Waals surface area contributed by atoms with Crippen molar-refractivity contribution in [1.29, 1.82) is 0 Å². The highest BCUT2D eigenvalue weighted by Gasteiger charge is 2.29. The third-order valence-electron chi connectivity index (χ3n) is 4.51. The average Bonchev–Trinajstić information content (AvgIpc) is 2.54. The topological polar surface area (TPSA) is 42.4 Å². The monoisotopic (exact) mass is 332 g/mol. The van der Waals surface area contributed by atoms with Gasteiger partial charge < -0.3 is 9.64 Å². The van der Waals surface area contributed by atoms with Crippen LogP contribution in [0.25, 0.3) is 10.9 Å². The molecule has 0 N–H and O–H groups in total. The molecule has 0 radical (unpaired) electrons. The van der Waals surface area contributed by atoms with Gasteiger partial charge in [0.25, 0.3) is 5.91 Å². The van der Waals surface area contributed by atoms with Gasteiger partial charge in [-0.3, -0.25) is 9.78 Å². The van der Waals surface area contributed by atoms with Crippen LogP contribution >= 0.6 is 11.6 Å². The van der Waals surface area contributed by atoms with Gasteiger partial charge >= 0.3 is 0 Å². The molecule has 0 unspecified atom stereocenters. The molecule has 2 atom stereocenters. The van der Waals surface area contributed by atoms with Crippen LogP contribution in [0.4, 0.5) is 0 Å². The number of carbonyl (C=O) groups excluding carboxylic acids is 1. The van der Waals surface area contributed by atoms with Gasteiger partial charge in [-0.05, 0) is 57.4 Å². The number of fused-ring (bicyclic) bond motifs is 1. The third-order valence-corrected chi connectivity index (χ3v) is 4.84. The fourth-order valence-corrected chi connectivity index (χ4v) is 3.57. The van der Waals surface area contributed by atoms with Gasteiger partial charge in [0, 0.05) is 23.7 Å². The smallest absolute Gasteiger partial charge is 0.260 e. The molecule has 0 spiro atoms. The van der Waals surface area contributed by atoms with Crippen molar-refractivity contribution >= 4 is 28.4 Å². The van der Waals surface area contributed by atoms with E-state index in [0.29, 0.717) is 16.3 Å². The average molecular weight is 333 g/mol. The normalized spacial score (nSPS) is 21.4. The number of rotatable bonds is 3. The largest absolute Gasteiger partial charge is 0.481 e. The number of carbonyl (C=O) groups is 1. The molecule has 5 heteroatoms. The zero-order chi connectivity index (χ0) is 16.4. The van der Waals surface area contributed by atoms with Crippen LogP contribution in [0.5, 0.6) is 5.75 Å². The first-order chi connectivity index (χ1) is 11.1. The van der Waals surface area contributed by atoms with E-state index in [0.717, 1.165) is 18.2 Å². The minimum Gasteiger partial charge on any atom is -0.481 e. The number of aromatic nitrogens is 1. The summed E-state index contributed by atoms with van der Waals surface area (Å²) in [5.41, 5.74) is 0.688. The number of ether oxygens (including phenoxy) is 1. The van der Waals surface area contributed by atoms with Crippen LogP contribution in [0.3, 0.4) is 0 Å². The summed E-state index contributed by atoms with van der Waals surface area (Å²) in [6.45, 7) is 4.24. The number of likely N-dealkylation sites (tertiary alicyclic amines) is 1. The molecule has 3 rings (SSSR count). The summed E-state index contributed by atoms with van der Waals surface area (Å²) in [6.07, 6.45) is 4.99. The summed E-state index contributed by atoms with van der Waals surface area (Å²) in [4.78, 5) is 18.8. The van der Waals surface area contributed by atoms with Crippen LogP contribution in [0.1, 0.15) is 33.1 Å². The molecule has 1 saturated heterocycles. The van der Waals surface area contributed by atoms with Crippen LogP contribution in [0.15, 0.2) is 30.5 Å². The lowest BCUT2D eigenvalue weighted by Gasteiger charge is -2.39. The Kier molecular flexibility index (Phi) is 4.71. The first-order valence-electron chi connectivity index (χ1n) is 8.05. The van der Waals surface area contributed by atoms with Crippen molar-refractivity contribution in [2.75, 3.05) is 6.61 Å². The van der Waals surface area contributed by atoms with E-state index in [1.165, 1.54) is 6.42 Å². The van der Waals surface area contributed by atoms with Crippen LogP contribution in [0, 0.1) is 0 Å². The number of hydrogen-bond donors (Lipinski definition) is 0. The predicted molar refractivity (Wildman–Crippen MR) is 91.9 cm³/mol. The van der Waals surface area contributed by atoms with E-state index in [1.54, 1.807) is 18.3 Å². The van der Waals surface area contributed by atoms with Gasteiger partial charge in [0.1, 0.15) is 11.3 Å². The zero-order valence-corrected chi connectivity index (χ0v) is 14.2. The summed E-state index contributed by atoms with van der Waals surface area (Å²) in [5, 5.41) is 1.46. The van der Waals surface area contributed by atoms with E-state index in [-0.39, 0.29) is 24.6 Å². The van der Waals surface area contributed by atoms with Gasteiger partial charge in [0.05, 0.1) is 5.02 Å². The fraction of sp³-hybridized carbons (Fsp3) is 0.444. The first kappa shape index (κ1) is 16.1. The molecule has 0 aliphatic carbocycles. The van der Waals surface area contributed by atoms with E-state index >= 15 is 0 Å². The number of nitrogens with zero attached hydrogens (tertiary/aromatic N) is 2. The van der Waals surface area contributed by atoms with Crippen molar-refractivity contribution in [1.82, 2.24) is 9.88 Å². The van der Waals surface area contributed by atoms with Crippen LogP contribution in [-0.4, -0.2) is 34.5 Å². The van der Waals surface area contributed by atoms with Crippen molar-refractivity contribution in [2.24, 2.45) is 0 Å². The second-order valence-electron chi connectivity index (χ2n) is 6.16. The number of piperidine rings is 1. The van der Waals surface area contributed by atoms with Gasteiger partial charge in [0.15, 0.2) is 6.61 Å². The predicted octanol–water partition coefficient (Wildman–Crippen LogP) is 4.06. The van der Waals surface area contributed by atoms with Crippen molar-refractivity contribution in [3.8, 4) is 5.75 Å². The maximum absolute atomic E-state index is 12.5. The molecule has 122 valence electrons. The van der Waals surface area contributed by atoms with E-state index in [2.05, 4.69) is 18.8 Å². The molecule has 0 bridgehead atoms. The second-order valence-corrected chi connectivity index (χ2v) is 6.57. The van der Waals surface area contributed by atoms with Crippen LogP contribution < -0.4 is 4.74 Å². The molecule has 2 heterocycles. The van der Waals surface area contributed by atoms with Gasteiger partial charge in [-0.25, -0.2) is 0 Å². The SMILES string of the molecule is C[C@@H]1CCC[C@@H](C)N1C(=O)COc1ccc(Cl)c2cccnc12. The Bertz CT molecular complexity index is 709. The lowest BCUT2D eigenvalue weighted by atomic mass is 9.97. The summed E-state index contributed by atoms with van der Waals surface area (Å²) in [7, 11) is 0. The van der Waals surface area contributed by atoms with E-state index in [9.17, 15) is 4.79 Å². The summed E-state index contributed by atoms with van der Waals surface area (Å²) in [6, 6.07) is 7.82. The van der Waals surface area contributed by atoms with Gasteiger partial charge in [-0.15, -0.1) is 0 Å². The standard InChI is InChI=1S/C18H21ClN2O2/c1-12-5-3-6-13(2)21(12)17(22)11-23-16-9-8-15(19)14-7-4-10-20-18(14)16/h4,7-10,12-13H,3,5-6,11H2,1-2H3/t12-,13-/m1/s1. The summed E-state index contributed by atoms with van der Waals surface area (Å²) < 4.78 is 5.77. The Labute approximate surface area is 141 Å². The summed E-state index contributed by atoms with van der Waals surface area (Å²) >= 11 is 6.18. The zero-order valence-electron chi connectivity index (χ0n) is 13.5.